The molecule has 0 aliphatic carbocycles. The van der Waals surface area contributed by atoms with Crippen molar-refractivity contribution in [3.05, 3.63) is 105 Å². The van der Waals surface area contributed by atoms with Gasteiger partial charge in [0.15, 0.2) is 0 Å². The number of benzene rings is 3. The lowest BCUT2D eigenvalue weighted by Gasteiger charge is -2.15. The second-order valence-corrected chi connectivity index (χ2v) is 8.38. The van der Waals surface area contributed by atoms with Crippen molar-refractivity contribution in [2.45, 2.75) is 12.5 Å². The van der Waals surface area contributed by atoms with Crippen LogP contribution in [0.4, 0.5) is 5.69 Å². The smallest absolute Gasteiger partial charge is 0.333 e. The van der Waals surface area contributed by atoms with Gasteiger partial charge in [-0.05, 0) is 48.0 Å². The van der Waals surface area contributed by atoms with E-state index in [-0.39, 0.29) is 17.5 Å². The zero-order valence-corrected chi connectivity index (χ0v) is 18.8. The summed E-state index contributed by atoms with van der Waals surface area (Å²) in [6, 6.07) is 18.8. The van der Waals surface area contributed by atoms with Crippen LogP contribution in [0, 0.1) is 0 Å². The van der Waals surface area contributed by atoms with Crippen LogP contribution < -0.4 is 22.3 Å². The van der Waals surface area contributed by atoms with Gasteiger partial charge in [0.25, 0.3) is 11.5 Å². The molecule has 0 bridgehead atoms. The first-order valence-corrected chi connectivity index (χ1v) is 11.1. The summed E-state index contributed by atoms with van der Waals surface area (Å²) in [5.41, 5.74) is 7.34. The van der Waals surface area contributed by atoms with Crippen LogP contribution in [0.3, 0.4) is 0 Å². The number of H-pyrrole nitrogens is 2. The molecule has 6 N–H and O–H groups in total. The first kappa shape index (κ1) is 22.7. The fraction of sp³-hybridized carbons (Fsp3) is 0.0769. The molecule has 10 nitrogen and oxygen atoms in total. The molecule has 10 heteroatoms. The number of anilines is 1. The first-order valence-electron chi connectivity index (χ1n) is 11.1. The molecule has 0 fully saturated rings. The van der Waals surface area contributed by atoms with Crippen LogP contribution in [0.1, 0.15) is 16.1 Å². The maximum atomic E-state index is 12.9. The van der Waals surface area contributed by atoms with Gasteiger partial charge in [-0.25, -0.2) is 14.2 Å². The number of rotatable bonds is 6. The Balaban J connectivity index is 1.38. The number of carboxylic acids is 1. The topological polar surface area (TPSA) is 163 Å². The highest BCUT2D eigenvalue weighted by Crippen LogP contribution is 2.16. The number of nitrogens with one attached hydrogen (secondary N) is 3. The predicted octanol–water partition coefficient (Wildman–Crippen LogP) is 2.17. The number of hydrogen-bond donors (Lipinski definition) is 5. The van der Waals surface area contributed by atoms with E-state index in [1.54, 1.807) is 42.5 Å². The minimum absolute atomic E-state index is 0.00108. The van der Waals surface area contributed by atoms with E-state index in [0.717, 1.165) is 15.5 Å². The fourth-order valence-corrected chi connectivity index (χ4v) is 4.11. The highest BCUT2D eigenvalue weighted by atomic mass is 16.4. The van der Waals surface area contributed by atoms with Gasteiger partial charge in [-0.3, -0.25) is 9.59 Å². The summed E-state index contributed by atoms with van der Waals surface area (Å²) in [6.07, 6.45) is 0.00108. The predicted molar refractivity (Wildman–Crippen MR) is 135 cm³/mol. The average molecular weight is 483 g/mol. The van der Waals surface area contributed by atoms with Gasteiger partial charge in [-0.2, -0.15) is 0 Å². The molecular weight excluding hydrogens is 462 g/mol. The van der Waals surface area contributed by atoms with E-state index >= 15 is 0 Å². The summed E-state index contributed by atoms with van der Waals surface area (Å²) >= 11 is 0. The molecule has 0 unspecified atom stereocenters. The number of hydrogen-bond acceptors (Lipinski definition) is 5. The number of fused-ring (bicyclic) bond motifs is 2. The number of amides is 1. The Hall–Kier alpha value is -5.12. The van der Waals surface area contributed by atoms with Gasteiger partial charge in [0.1, 0.15) is 11.7 Å². The average Bonchev–Trinajstić information content (AvgIpc) is 3.30. The Bertz CT molecular complexity index is 1710. The summed E-state index contributed by atoms with van der Waals surface area (Å²) in [7, 11) is 0. The van der Waals surface area contributed by atoms with Crippen molar-refractivity contribution in [1.29, 1.82) is 0 Å². The third kappa shape index (κ3) is 4.23. The second-order valence-electron chi connectivity index (χ2n) is 8.38. The van der Waals surface area contributed by atoms with Gasteiger partial charge in [-0.15, -0.1) is 0 Å². The zero-order chi connectivity index (χ0) is 25.4. The molecule has 0 spiro atoms. The molecule has 2 aromatic heterocycles. The molecule has 180 valence electrons. The minimum atomic E-state index is -1.19. The van der Waals surface area contributed by atoms with Gasteiger partial charge in [-0.1, -0.05) is 30.3 Å². The van der Waals surface area contributed by atoms with Crippen molar-refractivity contribution < 1.29 is 14.7 Å². The highest BCUT2D eigenvalue weighted by Gasteiger charge is 2.22. The van der Waals surface area contributed by atoms with E-state index in [2.05, 4.69) is 15.3 Å². The lowest BCUT2D eigenvalue weighted by molar-refractivity contribution is -0.139. The van der Waals surface area contributed by atoms with E-state index in [1.165, 1.54) is 6.07 Å². The van der Waals surface area contributed by atoms with Gasteiger partial charge in [0.2, 0.25) is 0 Å². The molecule has 3 aromatic carbocycles. The van der Waals surface area contributed by atoms with Crippen LogP contribution in [0.25, 0.3) is 27.5 Å². The van der Waals surface area contributed by atoms with Crippen LogP contribution in [-0.2, 0) is 11.2 Å². The molecule has 5 rings (SSSR count). The fourth-order valence-electron chi connectivity index (χ4n) is 4.11. The molecule has 36 heavy (non-hydrogen) atoms. The Morgan fingerprint density at radius 1 is 0.944 bits per heavy atom. The molecule has 1 atom stereocenters. The third-order valence-electron chi connectivity index (χ3n) is 5.93. The van der Waals surface area contributed by atoms with E-state index in [4.69, 9.17) is 5.73 Å². The normalized spacial score (nSPS) is 12.0. The number of carboxylic acid groups (broad SMARTS) is 1. The highest BCUT2D eigenvalue weighted by molar-refractivity contribution is 5.99. The molecule has 0 saturated carbocycles. The summed E-state index contributed by atoms with van der Waals surface area (Å²) in [5.74, 6) is -1.73. The maximum absolute atomic E-state index is 12.9. The Morgan fingerprint density at radius 2 is 1.69 bits per heavy atom. The monoisotopic (exact) mass is 483 g/mol. The molecule has 0 radical (unpaired) electrons. The molecule has 0 saturated heterocycles. The number of nitrogens with zero attached hydrogens (tertiary/aromatic N) is 1. The molecule has 0 aliphatic heterocycles. The number of carbonyl (C=O) groups excluding carboxylic acids is 1. The van der Waals surface area contributed by atoms with Gasteiger partial charge in [0, 0.05) is 23.0 Å². The van der Waals surface area contributed by atoms with E-state index in [1.807, 2.05) is 24.3 Å². The Labute approximate surface area is 203 Å². The molecule has 1 amide bonds. The summed E-state index contributed by atoms with van der Waals surface area (Å²) in [6.45, 7) is 0. The van der Waals surface area contributed by atoms with Crippen molar-refractivity contribution in [3.63, 3.8) is 0 Å². The zero-order valence-electron chi connectivity index (χ0n) is 18.8. The number of para-hydroxylation sites is 1. The summed E-state index contributed by atoms with van der Waals surface area (Å²) in [4.78, 5) is 55.6. The molecule has 5 aromatic rings. The van der Waals surface area contributed by atoms with E-state index in [9.17, 15) is 24.3 Å². The second kappa shape index (κ2) is 8.91. The van der Waals surface area contributed by atoms with E-state index < -0.39 is 29.2 Å². The van der Waals surface area contributed by atoms with Crippen molar-refractivity contribution in [1.82, 2.24) is 19.9 Å². The van der Waals surface area contributed by atoms with Crippen molar-refractivity contribution >= 4 is 39.4 Å². The standard InChI is InChI=1S/C26H21N5O5/c27-16-7-10-20-18(13-16)24(33)31(26(36)30-20)17-8-5-14(6-9-17)11-22(25(34)35)29-23(32)21-12-15-3-1-2-4-19(15)28-21/h1-10,12-13,22,28H,11,27H2,(H,29,32)(H,30,36)(H,34,35)/t22-/m0/s1. The summed E-state index contributed by atoms with van der Waals surface area (Å²) < 4.78 is 0.984. The van der Waals surface area contributed by atoms with Crippen LogP contribution >= 0.6 is 0 Å². The quantitative estimate of drug-likeness (QED) is 0.232. The van der Waals surface area contributed by atoms with E-state index in [0.29, 0.717) is 22.5 Å². The number of aromatic amines is 2. The van der Waals surface area contributed by atoms with Crippen molar-refractivity contribution in [3.8, 4) is 5.69 Å². The number of nitrogens with two attached hydrogens (primary N) is 1. The molecule has 0 aliphatic rings. The lowest BCUT2D eigenvalue weighted by Crippen LogP contribution is -2.42. The van der Waals surface area contributed by atoms with Crippen LogP contribution in [-0.4, -0.2) is 37.6 Å². The first-order chi connectivity index (χ1) is 17.3. The lowest BCUT2D eigenvalue weighted by atomic mass is 10.1. The number of aromatic nitrogens is 3. The third-order valence-corrected chi connectivity index (χ3v) is 5.93. The molecular formula is C26H21N5O5. The van der Waals surface area contributed by atoms with Gasteiger partial charge >= 0.3 is 11.7 Å². The van der Waals surface area contributed by atoms with Crippen molar-refractivity contribution in [2.24, 2.45) is 0 Å². The van der Waals surface area contributed by atoms with Gasteiger partial charge < -0.3 is 26.1 Å². The maximum Gasteiger partial charge on any atom is 0.333 e. The summed E-state index contributed by atoms with van der Waals surface area (Å²) in [5, 5.41) is 13.3. The van der Waals surface area contributed by atoms with Crippen LogP contribution in [0.5, 0.6) is 0 Å². The van der Waals surface area contributed by atoms with Crippen molar-refractivity contribution in [2.75, 3.05) is 5.73 Å². The SMILES string of the molecule is Nc1ccc2[nH]c(=O)n(-c3ccc(C[C@H](NC(=O)c4cc5ccccc5[nH]4)C(=O)O)cc3)c(=O)c2c1. The number of aliphatic carboxylic acids is 1. The number of carbonyl (C=O) groups is 2. The Morgan fingerprint density at radius 3 is 2.42 bits per heavy atom. The van der Waals surface area contributed by atoms with Gasteiger partial charge in [0.05, 0.1) is 16.6 Å². The van der Waals surface area contributed by atoms with Crippen LogP contribution in [0.15, 0.2) is 82.4 Å². The largest absolute Gasteiger partial charge is 0.480 e. The Kier molecular flexibility index (Phi) is 5.61. The van der Waals surface area contributed by atoms with Crippen LogP contribution in [0.2, 0.25) is 0 Å². The minimum Gasteiger partial charge on any atom is -0.480 e. The molecule has 2 heterocycles. The number of nitrogen functional groups attached to an aromatic ring is 1.